The smallest absolute Gasteiger partial charge is 0.353 e. The zero-order chi connectivity index (χ0) is 19.7. The largest absolute Gasteiger partial charge is 0.464 e. The molecule has 0 spiro atoms. The van der Waals surface area contributed by atoms with E-state index in [1.807, 2.05) is 25.4 Å². The molecule has 1 aliphatic heterocycles. The van der Waals surface area contributed by atoms with E-state index < -0.39 is 11.9 Å². The van der Waals surface area contributed by atoms with E-state index in [0.717, 1.165) is 16.8 Å². The molecular weight excluding hydrogens is 348 g/mol. The third kappa shape index (κ3) is 3.24. The Balaban J connectivity index is 1.84. The maximum absolute atomic E-state index is 12.8. The first-order valence-electron chi connectivity index (χ1n) is 8.04. The number of methoxy groups -OCH3 is 1. The topological polar surface area (TPSA) is 93.5 Å². The number of hydrogen-bond donors (Lipinski definition) is 1. The summed E-state index contributed by atoms with van der Waals surface area (Å²) in [4.78, 5) is 37.7. The number of fused-ring (bicyclic) bond motifs is 1. The molecule has 0 fully saturated rings. The van der Waals surface area contributed by atoms with Gasteiger partial charge in [-0.1, -0.05) is 25.3 Å². The Kier molecular flexibility index (Phi) is 4.64. The van der Waals surface area contributed by atoms with Crippen LogP contribution in [0.3, 0.4) is 0 Å². The number of aromatic nitrogens is 2. The maximum Gasteiger partial charge on any atom is 0.353 e. The number of carbonyl (C=O) groups is 3. The molecule has 138 valence electrons. The van der Waals surface area contributed by atoms with E-state index in [1.165, 1.54) is 12.0 Å². The Morgan fingerprint density at radius 3 is 2.56 bits per heavy atom. The van der Waals surface area contributed by atoms with Gasteiger partial charge in [0.25, 0.3) is 11.8 Å². The number of aryl methyl sites for hydroxylation is 1. The minimum Gasteiger partial charge on any atom is -0.464 e. The van der Waals surface area contributed by atoms with Crippen LogP contribution in [0.5, 0.6) is 0 Å². The molecule has 8 heteroatoms. The lowest BCUT2D eigenvalue weighted by molar-refractivity contribution is -0.137. The molecule has 1 N–H and O–H groups in total. The molecule has 0 radical (unpaired) electrons. The Bertz CT molecular complexity index is 989. The Hall–Kier alpha value is -3.68. The van der Waals surface area contributed by atoms with Gasteiger partial charge in [0.1, 0.15) is 11.4 Å². The third-order valence-corrected chi connectivity index (χ3v) is 4.24. The van der Waals surface area contributed by atoms with E-state index in [0.29, 0.717) is 5.56 Å². The quantitative estimate of drug-likeness (QED) is 0.637. The van der Waals surface area contributed by atoms with Crippen LogP contribution in [0.2, 0.25) is 0 Å². The summed E-state index contributed by atoms with van der Waals surface area (Å²) >= 11 is 0. The lowest BCUT2D eigenvalue weighted by atomic mass is 10.0. The number of ether oxygens (including phenoxy) is 1. The normalized spacial score (nSPS) is 12.5. The predicted octanol–water partition coefficient (Wildman–Crippen LogP) is 1.36. The molecule has 0 saturated carbocycles. The van der Waals surface area contributed by atoms with Crippen LogP contribution < -0.4 is 5.32 Å². The average molecular weight is 366 g/mol. The summed E-state index contributed by atoms with van der Waals surface area (Å²) in [6, 6.07) is 7.19. The minimum atomic E-state index is -0.773. The van der Waals surface area contributed by atoms with E-state index in [9.17, 15) is 14.4 Å². The van der Waals surface area contributed by atoms with Gasteiger partial charge in [-0.05, 0) is 17.7 Å². The molecule has 2 aromatic rings. The summed E-state index contributed by atoms with van der Waals surface area (Å²) in [5.41, 5.74) is 2.48. The molecule has 0 saturated heterocycles. The number of amides is 2. The number of nitrogens with one attached hydrogen (secondary N) is 1. The highest BCUT2D eigenvalue weighted by Crippen LogP contribution is 2.33. The maximum atomic E-state index is 12.8. The van der Waals surface area contributed by atoms with Crippen molar-refractivity contribution < 1.29 is 19.1 Å². The third-order valence-electron chi connectivity index (χ3n) is 4.24. The van der Waals surface area contributed by atoms with Gasteiger partial charge >= 0.3 is 5.97 Å². The van der Waals surface area contributed by atoms with Crippen molar-refractivity contribution >= 4 is 17.8 Å². The molecule has 0 bridgehead atoms. The van der Waals surface area contributed by atoms with Gasteiger partial charge < -0.3 is 10.1 Å². The average Bonchev–Trinajstić information content (AvgIpc) is 3.23. The van der Waals surface area contributed by atoms with Crippen LogP contribution in [0.15, 0.2) is 55.0 Å². The molecule has 1 aliphatic rings. The summed E-state index contributed by atoms with van der Waals surface area (Å²) < 4.78 is 6.16. The number of carbonyl (C=O) groups excluding carboxylic acids is 3. The van der Waals surface area contributed by atoms with Crippen molar-refractivity contribution in [3.05, 3.63) is 66.1 Å². The van der Waals surface area contributed by atoms with Crippen molar-refractivity contribution in [3.8, 4) is 11.3 Å². The molecule has 2 heterocycles. The number of esters is 1. The van der Waals surface area contributed by atoms with Gasteiger partial charge in [0.05, 0.1) is 19.3 Å². The second kappa shape index (κ2) is 6.91. The summed E-state index contributed by atoms with van der Waals surface area (Å²) in [6.45, 7) is 7.30. The first-order chi connectivity index (χ1) is 12.8. The molecule has 0 unspecified atom stereocenters. The SMILES string of the molecule is C=C(NC(=O)C(=C)N1Cc2c(cccc2-c2ccn(C)n2)C1=O)C(=O)OC. The van der Waals surface area contributed by atoms with Crippen LogP contribution in [-0.2, 0) is 27.9 Å². The van der Waals surface area contributed by atoms with E-state index >= 15 is 0 Å². The van der Waals surface area contributed by atoms with E-state index in [4.69, 9.17) is 0 Å². The number of benzene rings is 1. The highest BCUT2D eigenvalue weighted by atomic mass is 16.5. The van der Waals surface area contributed by atoms with Gasteiger partial charge in [-0.3, -0.25) is 19.2 Å². The number of nitrogens with zero attached hydrogens (tertiary/aromatic N) is 3. The van der Waals surface area contributed by atoms with Crippen molar-refractivity contribution in [3.63, 3.8) is 0 Å². The Morgan fingerprint density at radius 2 is 1.93 bits per heavy atom. The van der Waals surface area contributed by atoms with Crippen molar-refractivity contribution in [1.29, 1.82) is 0 Å². The van der Waals surface area contributed by atoms with Crippen LogP contribution in [0.25, 0.3) is 11.3 Å². The van der Waals surface area contributed by atoms with Crippen molar-refractivity contribution in [1.82, 2.24) is 20.0 Å². The van der Waals surface area contributed by atoms with Gasteiger partial charge in [0.15, 0.2) is 0 Å². The van der Waals surface area contributed by atoms with Crippen molar-refractivity contribution in [2.24, 2.45) is 7.05 Å². The lowest BCUT2D eigenvalue weighted by Crippen LogP contribution is -2.36. The zero-order valence-electron chi connectivity index (χ0n) is 15.0. The fourth-order valence-corrected chi connectivity index (χ4v) is 2.86. The monoisotopic (exact) mass is 366 g/mol. The molecule has 3 rings (SSSR count). The summed E-state index contributed by atoms with van der Waals surface area (Å²) in [7, 11) is 2.98. The fourth-order valence-electron chi connectivity index (χ4n) is 2.86. The van der Waals surface area contributed by atoms with Gasteiger partial charge in [0, 0.05) is 24.4 Å². The molecule has 0 aliphatic carbocycles. The van der Waals surface area contributed by atoms with Gasteiger partial charge in [-0.15, -0.1) is 0 Å². The molecule has 27 heavy (non-hydrogen) atoms. The molecule has 0 atom stereocenters. The van der Waals surface area contributed by atoms with E-state index in [2.05, 4.69) is 28.3 Å². The first kappa shape index (κ1) is 18.1. The van der Waals surface area contributed by atoms with Crippen LogP contribution in [0.4, 0.5) is 0 Å². The highest BCUT2D eigenvalue weighted by Gasteiger charge is 2.34. The predicted molar refractivity (Wildman–Crippen MR) is 97.0 cm³/mol. The van der Waals surface area contributed by atoms with E-state index in [-0.39, 0.29) is 23.8 Å². The minimum absolute atomic E-state index is 0.0896. The number of rotatable bonds is 5. The van der Waals surface area contributed by atoms with E-state index in [1.54, 1.807) is 16.8 Å². The molecule has 1 aromatic carbocycles. The second-order valence-electron chi connectivity index (χ2n) is 5.97. The van der Waals surface area contributed by atoms with Crippen LogP contribution in [0, 0.1) is 0 Å². The summed E-state index contributed by atoms with van der Waals surface area (Å²) in [5.74, 6) is -1.82. The summed E-state index contributed by atoms with van der Waals surface area (Å²) in [6.07, 6.45) is 1.81. The van der Waals surface area contributed by atoms with Crippen LogP contribution in [-0.4, -0.2) is 39.6 Å². The van der Waals surface area contributed by atoms with Crippen LogP contribution >= 0.6 is 0 Å². The number of hydrogen-bond acceptors (Lipinski definition) is 5. The molecule has 2 amide bonds. The highest BCUT2D eigenvalue weighted by molar-refractivity contribution is 6.07. The van der Waals surface area contributed by atoms with Crippen LogP contribution in [0.1, 0.15) is 15.9 Å². The molecular formula is C19H18N4O4. The summed E-state index contributed by atoms with van der Waals surface area (Å²) in [5, 5.41) is 6.67. The second-order valence-corrected chi connectivity index (χ2v) is 5.97. The molecule has 8 nitrogen and oxygen atoms in total. The zero-order valence-corrected chi connectivity index (χ0v) is 15.0. The standard InChI is InChI=1S/C19H18N4O4/c1-11(19(26)27-4)20-17(24)12(2)23-10-15-13(16-8-9-22(3)21-16)6-5-7-14(15)18(23)25/h5-9H,1-2,10H2,3-4H3,(H,20,24). The Morgan fingerprint density at radius 1 is 1.22 bits per heavy atom. The van der Waals surface area contributed by atoms with Gasteiger partial charge in [0.2, 0.25) is 0 Å². The molecule has 1 aromatic heterocycles. The van der Waals surface area contributed by atoms with Crippen molar-refractivity contribution in [2.45, 2.75) is 6.54 Å². The Labute approximate surface area is 155 Å². The first-order valence-corrected chi connectivity index (χ1v) is 8.04. The lowest BCUT2D eigenvalue weighted by Gasteiger charge is -2.18. The van der Waals surface area contributed by atoms with Gasteiger partial charge in [-0.25, -0.2) is 4.79 Å². The fraction of sp³-hybridized carbons (Fsp3) is 0.158. The van der Waals surface area contributed by atoms with Gasteiger partial charge in [-0.2, -0.15) is 5.10 Å². The van der Waals surface area contributed by atoms with Crippen molar-refractivity contribution in [2.75, 3.05) is 7.11 Å².